The fraction of sp³-hybridized carbons (Fsp3) is 0.286. The number of nitrogens with zero attached hydrogens (tertiary/aromatic N) is 8. The summed E-state index contributed by atoms with van der Waals surface area (Å²) in [7, 11) is 6.43. The first kappa shape index (κ1) is 20.9. The first-order valence-corrected chi connectivity index (χ1v) is 7.32. The standard InChI is InChI=1S/2C7H8N4O2.Ca/c2*1-10-3-8-5-4(10)6(12)9-7(13)11(5)2;/h2*3H,1-2H3,(H,9,12,13);/q;;+2/p-2. The minimum atomic E-state index is -0.573. The maximum absolute atomic E-state index is 11.2. The molecule has 0 saturated heterocycles. The van der Waals surface area contributed by atoms with Crippen LogP contribution >= 0.6 is 0 Å². The summed E-state index contributed by atoms with van der Waals surface area (Å²) >= 11 is 0. The molecule has 0 N–H and O–H groups in total. The Kier molecular flexibility index (Phi) is 5.92. The van der Waals surface area contributed by atoms with Crippen molar-refractivity contribution in [3.05, 3.63) is 33.6 Å². The van der Waals surface area contributed by atoms with Crippen LogP contribution in [0.25, 0.3) is 22.3 Å². The van der Waals surface area contributed by atoms with Crippen LogP contribution in [0.2, 0.25) is 0 Å². The molecular formula is C14H14CaN8O4. The third kappa shape index (κ3) is 3.55. The molecule has 0 bridgehead atoms. The quantitative estimate of drug-likeness (QED) is 0.286. The van der Waals surface area contributed by atoms with Crippen molar-refractivity contribution in [2.75, 3.05) is 0 Å². The fourth-order valence-corrected chi connectivity index (χ4v) is 2.43. The van der Waals surface area contributed by atoms with Crippen molar-refractivity contribution in [2.24, 2.45) is 28.2 Å². The molecule has 0 atom stereocenters. The van der Waals surface area contributed by atoms with Gasteiger partial charge in [-0.1, -0.05) is 0 Å². The van der Waals surface area contributed by atoms with E-state index in [-0.39, 0.29) is 37.7 Å². The number of hydrogen-bond donors (Lipinski definition) is 0. The van der Waals surface area contributed by atoms with E-state index in [1.807, 2.05) is 0 Å². The zero-order chi connectivity index (χ0) is 19.2. The second-order valence-electron chi connectivity index (χ2n) is 5.57. The van der Waals surface area contributed by atoms with Gasteiger partial charge in [0.25, 0.3) is 0 Å². The third-order valence-corrected chi connectivity index (χ3v) is 3.84. The molecule has 4 aromatic rings. The zero-order valence-electron chi connectivity index (χ0n) is 15.1. The van der Waals surface area contributed by atoms with E-state index in [0.717, 1.165) is 0 Å². The number of rotatable bonds is 0. The normalized spacial score (nSPS) is 10.5. The van der Waals surface area contributed by atoms with Gasteiger partial charge in [-0.3, -0.25) is 9.13 Å². The SMILES string of the molecule is Cn1cnc2c1c([O-])nc(=O)n2C.Cn1cnc2c1c([O-])nc(=O)n2C.[Ca+2]. The van der Waals surface area contributed by atoms with Crippen molar-refractivity contribution in [3.63, 3.8) is 0 Å². The van der Waals surface area contributed by atoms with Gasteiger partial charge in [0.05, 0.1) is 23.7 Å². The van der Waals surface area contributed by atoms with E-state index in [2.05, 4.69) is 19.9 Å². The van der Waals surface area contributed by atoms with Crippen LogP contribution in [-0.4, -0.2) is 75.9 Å². The largest absolute Gasteiger partial charge is 2.00 e. The van der Waals surface area contributed by atoms with E-state index in [1.165, 1.54) is 35.9 Å². The van der Waals surface area contributed by atoms with Crippen molar-refractivity contribution >= 4 is 60.1 Å². The molecule has 4 rings (SSSR count). The minimum Gasteiger partial charge on any atom is -0.857 e. The summed E-state index contributed by atoms with van der Waals surface area (Å²) in [6, 6.07) is 0. The van der Waals surface area contributed by atoms with Gasteiger partial charge in [-0.25, -0.2) is 29.5 Å². The Hall–Kier alpha value is -2.44. The first-order valence-electron chi connectivity index (χ1n) is 7.32. The molecule has 12 nitrogen and oxygen atoms in total. The average molecular weight is 398 g/mol. The van der Waals surface area contributed by atoms with Crippen LogP contribution in [0.3, 0.4) is 0 Å². The third-order valence-electron chi connectivity index (χ3n) is 3.84. The van der Waals surface area contributed by atoms with Crippen LogP contribution in [0, 0.1) is 0 Å². The molecule has 0 radical (unpaired) electrons. The Morgan fingerprint density at radius 1 is 0.741 bits per heavy atom. The molecule has 0 aliphatic carbocycles. The maximum Gasteiger partial charge on any atom is 2.00 e. The van der Waals surface area contributed by atoms with Gasteiger partial charge in [-0.15, -0.1) is 0 Å². The van der Waals surface area contributed by atoms with Crippen LogP contribution < -0.4 is 21.6 Å². The maximum atomic E-state index is 11.2. The van der Waals surface area contributed by atoms with Crippen LogP contribution in [-0.2, 0) is 28.2 Å². The molecule has 0 fully saturated rings. The molecule has 0 unspecified atom stereocenters. The summed E-state index contributed by atoms with van der Waals surface area (Å²) in [6.07, 6.45) is 2.96. The van der Waals surface area contributed by atoms with E-state index in [4.69, 9.17) is 0 Å². The Labute approximate surface area is 181 Å². The molecule has 27 heavy (non-hydrogen) atoms. The van der Waals surface area contributed by atoms with Crippen molar-refractivity contribution in [2.45, 2.75) is 0 Å². The number of fused-ring (bicyclic) bond motifs is 2. The number of aryl methyl sites for hydroxylation is 4. The first-order chi connectivity index (χ1) is 12.2. The monoisotopic (exact) mass is 398 g/mol. The van der Waals surface area contributed by atoms with E-state index in [1.54, 1.807) is 23.2 Å². The van der Waals surface area contributed by atoms with Gasteiger partial charge in [0.2, 0.25) is 0 Å². The molecule has 136 valence electrons. The molecule has 0 amide bonds. The van der Waals surface area contributed by atoms with E-state index in [9.17, 15) is 19.8 Å². The average Bonchev–Trinajstić information content (AvgIpc) is 3.15. The second-order valence-corrected chi connectivity index (χ2v) is 5.57. The van der Waals surface area contributed by atoms with Gasteiger partial charge in [-0.05, 0) is 0 Å². The summed E-state index contributed by atoms with van der Waals surface area (Å²) in [6.45, 7) is 0. The molecule has 0 aliphatic heterocycles. The summed E-state index contributed by atoms with van der Waals surface area (Å²) < 4.78 is 5.58. The van der Waals surface area contributed by atoms with Crippen LogP contribution in [0.1, 0.15) is 0 Å². The van der Waals surface area contributed by atoms with E-state index >= 15 is 0 Å². The number of hydrogen-bond acceptors (Lipinski definition) is 8. The summed E-state index contributed by atoms with van der Waals surface area (Å²) in [5.41, 5.74) is 0.289. The van der Waals surface area contributed by atoms with Crippen LogP contribution in [0.15, 0.2) is 22.2 Å². The van der Waals surface area contributed by atoms with Gasteiger partial charge < -0.3 is 19.3 Å². The molecule has 0 spiro atoms. The zero-order valence-corrected chi connectivity index (χ0v) is 17.3. The van der Waals surface area contributed by atoms with E-state index < -0.39 is 23.1 Å². The van der Waals surface area contributed by atoms with Crippen molar-refractivity contribution in [3.8, 4) is 11.8 Å². The van der Waals surface area contributed by atoms with Gasteiger partial charge in [0, 0.05) is 40.0 Å². The Morgan fingerprint density at radius 3 is 1.41 bits per heavy atom. The van der Waals surface area contributed by atoms with Gasteiger partial charge >= 0.3 is 49.1 Å². The van der Waals surface area contributed by atoms with Crippen molar-refractivity contribution in [1.82, 2.24) is 38.2 Å². The van der Waals surface area contributed by atoms with Gasteiger partial charge in [0.15, 0.2) is 11.3 Å². The Balaban J connectivity index is 0.000000187. The topological polar surface area (TPSA) is 152 Å². The second kappa shape index (κ2) is 7.66. The molecule has 0 saturated carbocycles. The molecule has 4 heterocycles. The van der Waals surface area contributed by atoms with Crippen LogP contribution in [0.4, 0.5) is 0 Å². The molecule has 4 aromatic heterocycles. The molecule has 13 heteroatoms. The summed E-state index contributed by atoms with van der Waals surface area (Å²) in [5.74, 6) is -1.06. The molecule has 0 aliphatic rings. The predicted molar refractivity (Wildman–Crippen MR) is 92.1 cm³/mol. The van der Waals surface area contributed by atoms with Gasteiger partial charge in [-0.2, -0.15) is 0 Å². The summed E-state index contributed by atoms with van der Waals surface area (Å²) in [4.78, 5) is 36.6. The Bertz CT molecular complexity index is 1150. The van der Waals surface area contributed by atoms with Crippen molar-refractivity contribution in [1.29, 1.82) is 0 Å². The fourth-order valence-electron chi connectivity index (χ4n) is 2.43. The van der Waals surface area contributed by atoms with Gasteiger partial charge in [0.1, 0.15) is 0 Å². The predicted octanol–water partition coefficient (Wildman–Crippen LogP) is -2.90. The van der Waals surface area contributed by atoms with Crippen molar-refractivity contribution < 1.29 is 10.2 Å². The molecule has 0 aromatic carbocycles. The number of imidazole rings is 2. The number of aromatic nitrogens is 8. The Morgan fingerprint density at radius 2 is 1.07 bits per heavy atom. The smallest absolute Gasteiger partial charge is 0.857 e. The minimum absolute atomic E-state index is 0. The molecular weight excluding hydrogens is 384 g/mol. The van der Waals surface area contributed by atoms with E-state index in [0.29, 0.717) is 22.3 Å². The van der Waals surface area contributed by atoms with Crippen LogP contribution in [0.5, 0.6) is 11.8 Å². The summed E-state index contributed by atoms with van der Waals surface area (Å²) in [5, 5.41) is 22.5.